The summed E-state index contributed by atoms with van der Waals surface area (Å²) in [6.45, 7) is 0. The molecule has 0 saturated carbocycles. The number of benzene rings is 2. The van der Waals surface area contributed by atoms with E-state index in [0.29, 0.717) is 22.6 Å². The van der Waals surface area contributed by atoms with Crippen molar-refractivity contribution in [3.63, 3.8) is 0 Å². The van der Waals surface area contributed by atoms with E-state index in [1.54, 1.807) is 36.4 Å². The van der Waals surface area contributed by atoms with Crippen LogP contribution in [0.5, 0.6) is 23.3 Å². The minimum absolute atomic E-state index is 0.153. The third kappa shape index (κ3) is 3.77. The van der Waals surface area contributed by atoms with E-state index in [4.69, 9.17) is 9.47 Å². The molecule has 0 saturated heterocycles. The van der Waals surface area contributed by atoms with Crippen LogP contribution in [0.4, 0.5) is 11.4 Å². The smallest absolute Gasteiger partial charge is 0.287 e. The molecule has 4 aromatic rings. The molecule has 0 radical (unpaired) electrons. The summed E-state index contributed by atoms with van der Waals surface area (Å²) in [5.74, 6) is 0.787. The number of hydrogen-bond acceptors (Lipinski definition) is 9. The number of nitrogens with zero attached hydrogens (tertiary/aromatic N) is 4. The summed E-state index contributed by atoms with van der Waals surface area (Å²) in [5, 5.41) is 21.5. The van der Waals surface area contributed by atoms with Gasteiger partial charge in [-0.2, -0.15) is 0 Å². The molecule has 166 valence electrons. The third-order valence-corrected chi connectivity index (χ3v) is 5.07. The number of ketones is 1. The lowest BCUT2D eigenvalue weighted by Gasteiger charge is -2.07. The number of carbonyl (C=O) groups is 1. The average molecular weight is 456 g/mol. The molecule has 0 fully saturated rings. The number of rotatable bonds is 6. The van der Waals surface area contributed by atoms with Crippen LogP contribution in [0.25, 0.3) is 11.1 Å². The van der Waals surface area contributed by atoms with Crippen molar-refractivity contribution in [3.05, 3.63) is 104 Å². The maximum Gasteiger partial charge on any atom is 0.287 e. The van der Waals surface area contributed by atoms with E-state index in [1.165, 1.54) is 24.3 Å². The van der Waals surface area contributed by atoms with Gasteiger partial charge in [0.25, 0.3) is 11.4 Å². The topological polar surface area (TPSA) is 148 Å². The SMILES string of the molecule is O=C1c2cc(Oc3ccc([N+](=O)[O-])cn3)ccc2-c2ccc(Oc3ccc([N+](=O)[O-])cn3)cc21. The molecule has 0 spiro atoms. The van der Waals surface area contributed by atoms with Crippen LogP contribution in [-0.2, 0) is 0 Å². The fourth-order valence-corrected chi connectivity index (χ4v) is 3.49. The molecule has 1 aliphatic carbocycles. The molecule has 2 aromatic heterocycles. The molecule has 5 rings (SSSR count). The Morgan fingerprint density at radius 2 is 1.06 bits per heavy atom. The van der Waals surface area contributed by atoms with Gasteiger partial charge in [0.05, 0.1) is 9.85 Å². The number of pyridine rings is 2. The van der Waals surface area contributed by atoms with Gasteiger partial charge in [-0.1, -0.05) is 0 Å². The van der Waals surface area contributed by atoms with Crippen LogP contribution in [0.1, 0.15) is 15.9 Å². The first-order valence-electron chi connectivity index (χ1n) is 9.79. The molecule has 11 nitrogen and oxygen atoms in total. The van der Waals surface area contributed by atoms with Crippen molar-refractivity contribution in [2.75, 3.05) is 0 Å². The van der Waals surface area contributed by atoms with Crippen LogP contribution in [0.15, 0.2) is 73.1 Å². The molecule has 0 atom stereocenters. The van der Waals surface area contributed by atoms with Crippen molar-refractivity contribution in [2.45, 2.75) is 0 Å². The van der Waals surface area contributed by atoms with Crippen LogP contribution in [0.3, 0.4) is 0 Å². The monoisotopic (exact) mass is 456 g/mol. The Hall–Kier alpha value is -5.19. The molecule has 34 heavy (non-hydrogen) atoms. The van der Waals surface area contributed by atoms with E-state index in [-0.39, 0.29) is 28.9 Å². The second-order valence-corrected chi connectivity index (χ2v) is 7.17. The van der Waals surface area contributed by atoms with Crippen LogP contribution in [0, 0.1) is 20.2 Å². The number of fused-ring (bicyclic) bond motifs is 3. The van der Waals surface area contributed by atoms with Crippen LogP contribution in [0.2, 0.25) is 0 Å². The molecule has 1 aliphatic rings. The van der Waals surface area contributed by atoms with Gasteiger partial charge in [-0.3, -0.25) is 25.0 Å². The normalized spacial score (nSPS) is 11.5. The van der Waals surface area contributed by atoms with Gasteiger partial charge < -0.3 is 9.47 Å². The number of aromatic nitrogens is 2. The Morgan fingerprint density at radius 1 is 0.618 bits per heavy atom. The Bertz CT molecular complexity index is 1360. The lowest BCUT2D eigenvalue weighted by Crippen LogP contribution is -1.97. The molecule has 2 aromatic carbocycles. The highest BCUT2D eigenvalue weighted by atomic mass is 16.6. The summed E-state index contributed by atoms with van der Waals surface area (Å²) in [7, 11) is 0. The van der Waals surface area contributed by atoms with E-state index < -0.39 is 9.85 Å². The van der Waals surface area contributed by atoms with Crippen molar-refractivity contribution in [2.24, 2.45) is 0 Å². The minimum Gasteiger partial charge on any atom is -0.439 e. The van der Waals surface area contributed by atoms with Gasteiger partial charge in [0.2, 0.25) is 11.8 Å². The Morgan fingerprint density at radius 3 is 1.41 bits per heavy atom. The first kappa shape index (κ1) is 20.7. The van der Waals surface area contributed by atoms with Crippen molar-refractivity contribution >= 4 is 17.2 Å². The zero-order valence-electron chi connectivity index (χ0n) is 17.1. The Labute approximate surface area is 190 Å². The molecule has 2 heterocycles. The lowest BCUT2D eigenvalue weighted by atomic mass is 10.1. The van der Waals surface area contributed by atoms with E-state index in [0.717, 1.165) is 23.5 Å². The number of nitro groups is 2. The number of ether oxygens (including phenoxy) is 2. The van der Waals surface area contributed by atoms with Gasteiger partial charge in [0.1, 0.15) is 23.9 Å². The predicted octanol–water partition coefficient (Wildman–Crippen LogP) is 5.09. The molecule has 0 N–H and O–H groups in total. The van der Waals surface area contributed by atoms with Crippen LogP contribution in [-0.4, -0.2) is 25.6 Å². The highest BCUT2D eigenvalue weighted by Crippen LogP contribution is 2.41. The first-order chi connectivity index (χ1) is 16.4. The largest absolute Gasteiger partial charge is 0.439 e. The second kappa shape index (κ2) is 8.06. The van der Waals surface area contributed by atoms with Crippen molar-refractivity contribution in [3.8, 4) is 34.4 Å². The lowest BCUT2D eigenvalue weighted by molar-refractivity contribution is -0.385. The summed E-state index contributed by atoms with van der Waals surface area (Å²) in [6.07, 6.45) is 2.18. The summed E-state index contributed by atoms with van der Waals surface area (Å²) < 4.78 is 11.3. The summed E-state index contributed by atoms with van der Waals surface area (Å²) in [4.78, 5) is 41.3. The van der Waals surface area contributed by atoms with Crippen LogP contribution < -0.4 is 9.47 Å². The van der Waals surface area contributed by atoms with Gasteiger partial charge >= 0.3 is 0 Å². The zero-order chi connectivity index (χ0) is 23.8. The van der Waals surface area contributed by atoms with E-state index >= 15 is 0 Å². The molecule has 11 heteroatoms. The predicted molar refractivity (Wildman–Crippen MR) is 117 cm³/mol. The highest BCUT2D eigenvalue weighted by molar-refractivity contribution is 6.22. The van der Waals surface area contributed by atoms with Crippen molar-refractivity contribution < 1.29 is 24.1 Å². The Balaban J connectivity index is 1.37. The third-order valence-electron chi connectivity index (χ3n) is 5.07. The van der Waals surface area contributed by atoms with Gasteiger partial charge in [0, 0.05) is 35.4 Å². The average Bonchev–Trinajstić information content (AvgIpc) is 3.11. The second-order valence-electron chi connectivity index (χ2n) is 7.17. The fourth-order valence-electron chi connectivity index (χ4n) is 3.49. The van der Waals surface area contributed by atoms with E-state index in [2.05, 4.69) is 9.97 Å². The van der Waals surface area contributed by atoms with Crippen molar-refractivity contribution in [1.29, 1.82) is 0 Å². The van der Waals surface area contributed by atoms with E-state index in [1.807, 2.05) is 0 Å². The van der Waals surface area contributed by atoms with E-state index in [9.17, 15) is 25.0 Å². The quantitative estimate of drug-likeness (QED) is 0.252. The molecular weight excluding hydrogens is 444 g/mol. The maximum absolute atomic E-state index is 13.0. The van der Waals surface area contributed by atoms with Gasteiger partial charge in [0.15, 0.2) is 5.78 Å². The molecule has 0 aliphatic heterocycles. The molecule has 0 unspecified atom stereocenters. The van der Waals surface area contributed by atoms with Crippen molar-refractivity contribution in [1.82, 2.24) is 9.97 Å². The fraction of sp³-hybridized carbons (Fsp3) is 0. The van der Waals surface area contributed by atoms with Gasteiger partial charge in [-0.05, 0) is 47.5 Å². The Kier molecular flexibility index (Phi) is 4.90. The zero-order valence-corrected chi connectivity index (χ0v) is 17.1. The molecular formula is C23H12N4O7. The number of hydrogen-bond donors (Lipinski definition) is 0. The summed E-state index contributed by atoms with van der Waals surface area (Å²) in [5.41, 5.74) is 2.00. The molecule has 0 bridgehead atoms. The standard InChI is InChI=1S/C23H12N4O7/c28-23-19-9-15(33-21-7-1-13(11-24-21)26(29)30)3-5-17(19)18-6-4-16(10-20(18)23)34-22-8-2-14(12-25-22)27(31)32/h1-12H. The summed E-state index contributed by atoms with van der Waals surface area (Å²) in [6, 6.07) is 15.3. The first-order valence-corrected chi connectivity index (χ1v) is 9.79. The molecule has 0 amide bonds. The van der Waals surface area contributed by atoms with Crippen LogP contribution >= 0.6 is 0 Å². The van der Waals surface area contributed by atoms with Gasteiger partial charge in [-0.25, -0.2) is 9.97 Å². The highest BCUT2D eigenvalue weighted by Gasteiger charge is 2.28. The maximum atomic E-state index is 13.0. The van der Waals surface area contributed by atoms with Gasteiger partial charge in [-0.15, -0.1) is 0 Å². The number of carbonyl (C=O) groups excluding carboxylic acids is 1. The minimum atomic E-state index is -0.558. The summed E-state index contributed by atoms with van der Waals surface area (Å²) >= 11 is 0.